The van der Waals surface area contributed by atoms with Gasteiger partial charge < -0.3 is 16.2 Å². The minimum atomic E-state index is -2.77. The highest BCUT2D eigenvalue weighted by atomic mass is 19.3. The summed E-state index contributed by atoms with van der Waals surface area (Å²) in [7, 11) is 0. The first-order valence-corrected chi connectivity index (χ1v) is 3.01. The molecule has 0 aromatic heterocycles. The lowest BCUT2D eigenvalue weighted by atomic mass is 10.4. The fourth-order valence-electron chi connectivity index (χ4n) is 0.504. The first kappa shape index (κ1) is 10.1. The van der Waals surface area contributed by atoms with Crippen molar-refractivity contribution in [1.29, 1.82) is 0 Å². The van der Waals surface area contributed by atoms with E-state index >= 15 is 0 Å². The number of alkyl halides is 2. The Hall–Kier alpha value is -0.910. The van der Waals surface area contributed by atoms with Gasteiger partial charge in [0.2, 0.25) is 0 Å². The zero-order valence-corrected chi connectivity index (χ0v) is 6.13. The number of guanidine groups is 1. The van der Waals surface area contributed by atoms with Gasteiger partial charge in [-0.05, 0) is 6.92 Å². The molecule has 4 nitrogen and oxygen atoms in total. The molecule has 0 heterocycles. The van der Waals surface area contributed by atoms with Crippen LogP contribution in [-0.2, 0) is 4.74 Å². The molecule has 0 aliphatic rings. The Morgan fingerprint density at radius 3 is 2.45 bits per heavy atom. The van der Waals surface area contributed by atoms with E-state index in [0.29, 0.717) is 0 Å². The third-order valence-corrected chi connectivity index (χ3v) is 0.833. The molecule has 11 heavy (non-hydrogen) atoms. The van der Waals surface area contributed by atoms with Gasteiger partial charge in [0.25, 0.3) is 0 Å². The molecular formula is C5H11F2N3O. The maximum atomic E-state index is 11.4. The minimum Gasteiger partial charge on any atom is -0.370 e. The first-order chi connectivity index (χ1) is 5.02. The van der Waals surface area contributed by atoms with E-state index in [1.54, 1.807) is 6.92 Å². The molecular weight excluding hydrogens is 156 g/mol. The Labute approximate surface area is 63.2 Å². The smallest absolute Gasteiger partial charge is 0.345 e. The first-order valence-electron chi connectivity index (χ1n) is 3.01. The molecule has 0 amide bonds. The number of halogens is 2. The lowest BCUT2D eigenvalue weighted by Crippen LogP contribution is -2.26. The van der Waals surface area contributed by atoms with Crippen LogP contribution in [0.4, 0.5) is 8.78 Å². The number of rotatable bonds is 4. The van der Waals surface area contributed by atoms with Gasteiger partial charge >= 0.3 is 6.61 Å². The monoisotopic (exact) mass is 167 g/mol. The van der Waals surface area contributed by atoms with Crippen molar-refractivity contribution in [3.8, 4) is 0 Å². The average Bonchev–Trinajstić information content (AvgIpc) is 1.82. The summed E-state index contributed by atoms with van der Waals surface area (Å²) in [4.78, 5) is 3.56. The highest BCUT2D eigenvalue weighted by Gasteiger charge is 2.05. The predicted octanol–water partition coefficient (Wildman–Crippen LogP) is -0.112. The van der Waals surface area contributed by atoms with E-state index in [4.69, 9.17) is 11.5 Å². The fourth-order valence-corrected chi connectivity index (χ4v) is 0.504. The van der Waals surface area contributed by atoms with Gasteiger partial charge in [-0.2, -0.15) is 8.78 Å². The summed E-state index contributed by atoms with van der Waals surface area (Å²) in [5.41, 5.74) is 9.97. The van der Waals surface area contributed by atoms with Gasteiger partial charge in [-0.25, -0.2) is 4.99 Å². The van der Waals surface area contributed by atoms with E-state index in [0.717, 1.165) is 0 Å². The van der Waals surface area contributed by atoms with Crippen LogP contribution in [0.1, 0.15) is 6.92 Å². The highest BCUT2D eigenvalue weighted by Crippen LogP contribution is 1.97. The molecule has 4 N–H and O–H groups in total. The van der Waals surface area contributed by atoms with Gasteiger partial charge in [0.1, 0.15) is 0 Å². The Bertz CT molecular complexity index is 136. The van der Waals surface area contributed by atoms with Gasteiger partial charge in [0.05, 0.1) is 12.6 Å². The number of hydrogen-bond acceptors (Lipinski definition) is 2. The number of nitrogens with zero attached hydrogens (tertiary/aromatic N) is 1. The largest absolute Gasteiger partial charge is 0.370 e. The van der Waals surface area contributed by atoms with Crippen LogP contribution in [-0.4, -0.2) is 25.2 Å². The van der Waals surface area contributed by atoms with Crippen LogP contribution in [0.5, 0.6) is 0 Å². The van der Waals surface area contributed by atoms with Crippen molar-refractivity contribution in [3.63, 3.8) is 0 Å². The quantitative estimate of drug-likeness (QED) is 0.453. The van der Waals surface area contributed by atoms with E-state index in [1.165, 1.54) is 0 Å². The summed E-state index contributed by atoms with van der Waals surface area (Å²) in [6.45, 7) is -1.39. The summed E-state index contributed by atoms with van der Waals surface area (Å²) < 4.78 is 26.8. The van der Waals surface area contributed by atoms with Crippen molar-refractivity contribution in [3.05, 3.63) is 0 Å². The molecule has 0 spiro atoms. The molecule has 66 valence electrons. The van der Waals surface area contributed by atoms with Gasteiger partial charge in [-0.3, -0.25) is 0 Å². The molecule has 0 saturated heterocycles. The second-order valence-electron chi connectivity index (χ2n) is 2.00. The Kier molecular flexibility index (Phi) is 4.44. The van der Waals surface area contributed by atoms with Crippen molar-refractivity contribution in [2.75, 3.05) is 6.61 Å². The average molecular weight is 167 g/mol. The predicted molar refractivity (Wildman–Crippen MR) is 37.2 cm³/mol. The third kappa shape index (κ3) is 6.98. The number of hydrogen-bond donors (Lipinski definition) is 2. The normalized spacial score (nSPS) is 13.1. The van der Waals surface area contributed by atoms with Gasteiger partial charge in [-0.15, -0.1) is 0 Å². The summed E-state index contributed by atoms with van der Waals surface area (Å²) >= 11 is 0. The van der Waals surface area contributed by atoms with Crippen LogP contribution in [0.15, 0.2) is 4.99 Å². The highest BCUT2D eigenvalue weighted by molar-refractivity contribution is 5.75. The number of nitrogens with two attached hydrogens (primary N) is 2. The molecule has 0 aliphatic heterocycles. The van der Waals surface area contributed by atoms with E-state index < -0.39 is 12.7 Å². The van der Waals surface area contributed by atoms with Crippen LogP contribution in [0.25, 0.3) is 0 Å². The molecule has 0 aromatic carbocycles. The van der Waals surface area contributed by atoms with Crippen molar-refractivity contribution in [1.82, 2.24) is 0 Å². The number of ether oxygens (including phenoxy) is 1. The fraction of sp³-hybridized carbons (Fsp3) is 0.800. The molecule has 0 rings (SSSR count). The molecule has 0 fully saturated rings. The van der Waals surface area contributed by atoms with Gasteiger partial charge in [0.15, 0.2) is 5.96 Å². The Morgan fingerprint density at radius 2 is 2.09 bits per heavy atom. The molecule has 0 saturated carbocycles. The summed E-state index contributed by atoms with van der Waals surface area (Å²) in [6, 6.07) is -0.436. The topological polar surface area (TPSA) is 73.6 Å². The lowest BCUT2D eigenvalue weighted by Gasteiger charge is -2.06. The van der Waals surface area contributed by atoms with Crippen molar-refractivity contribution in [2.24, 2.45) is 16.5 Å². The molecule has 0 aliphatic carbocycles. The van der Waals surface area contributed by atoms with E-state index in [-0.39, 0.29) is 12.6 Å². The van der Waals surface area contributed by atoms with Crippen LogP contribution in [0.3, 0.4) is 0 Å². The summed E-state index contributed by atoms with van der Waals surface area (Å²) in [5.74, 6) is -0.129. The second kappa shape index (κ2) is 4.84. The zero-order chi connectivity index (χ0) is 8.85. The summed E-state index contributed by atoms with van der Waals surface area (Å²) in [5, 5.41) is 0. The van der Waals surface area contributed by atoms with Crippen LogP contribution in [0.2, 0.25) is 0 Å². The standard InChI is InChI=1S/C5H11F2N3O/c1-3(10-5(8)9)2-11-4(6)7/h3-4H,2H2,1H3,(H4,8,9,10)/t3-/m0/s1. The van der Waals surface area contributed by atoms with E-state index in [1.807, 2.05) is 0 Å². The molecule has 0 aromatic rings. The molecule has 0 unspecified atom stereocenters. The van der Waals surface area contributed by atoms with Crippen molar-refractivity contribution in [2.45, 2.75) is 19.6 Å². The maximum Gasteiger partial charge on any atom is 0.345 e. The minimum absolute atomic E-state index is 0.129. The van der Waals surface area contributed by atoms with E-state index in [2.05, 4.69) is 9.73 Å². The van der Waals surface area contributed by atoms with Gasteiger partial charge in [-0.1, -0.05) is 0 Å². The van der Waals surface area contributed by atoms with Crippen LogP contribution >= 0.6 is 0 Å². The molecule has 0 radical (unpaired) electrons. The van der Waals surface area contributed by atoms with Crippen molar-refractivity contribution >= 4 is 5.96 Å². The third-order valence-electron chi connectivity index (χ3n) is 0.833. The van der Waals surface area contributed by atoms with Crippen molar-refractivity contribution < 1.29 is 13.5 Å². The summed E-state index contributed by atoms with van der Waals surface area (Å²) in [6.07, 6.45) is 0. The van der Waals surface area contributed by atoms with Crippen LogP contribution < -0.4 is 11.5 Å². The Morgan fingerprint density at radius 1 is 1.55 bits per heavy atom. The Balaban J connectivity index is 3.53. The SMILES string of the molecule is C[C@@H](COC(F)F)N=C(N)N. The maximum absolute atomic E-state index is 11.4. The molecule has 6 heteroatoms. The molecule has 1 atom stereocenters. The number of aliphatic imine (C=N–C) groups is 1. The van der Waals surface area contributed by atoms with Crippen LogP contribution in [0, 0.1) is 0 Å². The van der Waals surface area contributed by atoms with E-state index in [9.17, 15) is 8.78 Å². The second-order valence-corrected chi connectivity index (χ2v) is 2.00. The zero-order valence-electron chi connectivity index (χ0n) is 6.13. The van der Waals surface area contributed by atoms with Gasteiger partial charge in [0, 0.05) is 0 Å². The molecule has 0 bridgehead atoms. The lowest BCUT2D eigenvalue weighted by molar-refractivity contribution is -0.130.